The van der Waals surface area contributed by atoms with Gasteiger partial charge in [-0.15, -0.1) is 11.6 Å². The fraction of sp³-hybridized carbons (Fsp3) is 0.875. The molecule has 2 unspecified atom stereocenters. The van der Waals surface area contributed by atoms with Crippen molar-refractivity contribution in [1.82, 2.24) is 4.90 Å². The maximum Gasteiger partial charge on any atom is 0.237 e. The van der Waals surface area contributed by atoms with E-state index in [1.165, 1.54) is 0 Å². The van der Waals surface area contributed by atoms with Crippen LogP contribution in [0.5, 0.6) is 0 Å². The average Bonchev–Trinajstić information content (AvgIpc) is 2.08. The summed E-state index contributed by atoms with van der Waals surface area (Å²) in [6.45, 7) is 5.09. The van der Waals surface area contributed by atoms with Crippen LogP contribution in [0.1, 0.15) is 13.8 Å². The van der Waals surface area contributed by atoms with Crippen LogP contribution in [0.4, 0.5) is 0 Å². The SMILES string of the molecule is CC1SCCN(C(=O)CCl)C1C. The minimum atomic E-state index is 0.0660. The summed E-state index contributed by atoms with van der Waals surface area (Å²) in [4.78, 5) is 13.2. The van der Waals surface area contributed by atoms with Crippen LogP contribution in [0.3, 0.4) is 0 Å². The van der Waals surface area contributed by atoms with Gasteiger partial charge < -0.3 is 4.90 Å². The number of rotatable bonds is 1. The highest BCUT2D eigenvalue weighted by Crippen LogP contribution is 2.24. The Balaban J connectivity index is 2.57. The molecule has 1 rings (SSSR count). The molecule has 0 N–H and O–H groups in total. The smallest absolute Gasteiger partial charge is 0.237 e. The molecule has 1 aliphatic heterocycles. The predicted molar refractivity (Wildman–Crippen MR) is 53.8 cm³/mol. The summed E-state index contributed by atoms with van der Waals surface area (Å²) in [6, 6.07) is 0.329. The monoisotopic (exact) mass is 207 g/mol. The third kappa shape index (κ3) is 2.07. The van der Waals surface area contributed by atoms with E-state index in [1.54, 1.807) is 0 Å². The van der Waals surface area contributed by atoms with Gasteiger partial charge in [0.05, 0.1) is 0 Å². The van der Waals surface area contributed by atoms with Gasteiger partial charge in [0.1, 0.15) is 5.88 Å². The Morgan fingerprint density at radius 3 is 2.92 bits per heavy atom. The summed E-state index contributed by atoms with van der Waals surface area (Å²) in [7, 11) is 0. The molecule has 12 heavy (non-hydrogen) atoms. The highest BCUT2D eigenvalue weighted by atomic mass is 35.5. The van der Waals surface area contributed by atoms with Gasteiger partial charge in [0.25, 0.3) is 0 Å². The molecule has 1 saturated heterocycles. The lowest BCUT2D eigenvalue weighted by Crippen LogP contribution is -2.48. The van der Waals surface area contributed by atoms with E-state index in [-0.39, 0.29) is 11.8 Å². The minimum absolute atomic E-state index is 0.0660. The fourth-order valence-electron chi connectivity index (χ4n) is 1.36. The maximum absolute atomic E-state index is 11.3. The molecule has 0 aromatic carbocycles. The second kappa shape index (κ2) is 4.38. The second-order valence-corrected chi connectivity index (χ2v) is 4.79. The van der Waals surface area contributed by atoms with Crippen molar-refractivity contribution in [1.29, 1.82) is 0 Å². The van der Waals surface area contributed by atoms with Crippen molar-refractivity contribution in [3.63, 3.8) is 0 Å². The van der Waals surface area contributed by atoms with Crippen LogP contribution >= 0.6 is 23.4 Å². The molecular formula is C8H14ClNOS. The topological polar surface area (TPSA) is 20.3 Å². The van der Waals surface area contributed by atoms with E-state index in [2.05, 4.69) is 13.8 Å². The Morgan fingerprint density at radius 1 is 1.67 bits per heavy atom. The van der Waals surface area contributed by atoms with E-state index in [9.17, 15) is 4.79 Å². The van der Waals surface area contributed by atoms with Crippen LogP contribution < -0.4 is 0 Å². The van der Waals surface area contributed by atoms with Gasteiger partial charge in [-0.05, 0) is 6.92 Å². The second-order valence-electron chi connectivity index (χ2n) is 3.04. The van der Waals surface area contributed by atoms with Gasteiger partial charge in [-0.1, -0.05) is 6.92 Å². The summed E-state index contributed by atoms with van der Waals surface area (Å²) in [5.74, 6) is 1.21. The minimum Gasteiger partial charge on any atom is -0.337 e. The first kappa shape index (κ1) is 10.2. The van der Waals surface area contributed by atoms with Gasteiger partial charge in [0, 0.05) is 23.6 Å². The van der Waals surface area contributed by atoms with Crippen molar-refractivity contribution in [2.75, 3.05) is 18.2 Å². The van der Waals surface area contributed by atoms with Crippen molar-refractivity contribution < 1.29 is 4.79 Å². The van der Waals surface area contributed by atoms with Crippen molar-refractivity contribution in [3.05, 3.63) is 0 Å². The number of hydrogen-bond donors (Lipinski definition) is 0. The molecule has 70 valence electrons. The van der Waals surface area contributed by atoms with Crippen molar-refractivity contribution >= 4 is 29.3 Å². The molecule has 1 fully saturated rings. The lowest BCUT2D eigenvalue weighted by molar-refractivity contribution is -0.130. The summed E-state index contributed by atoms with van der Waals surface area (Å²) in [5.41, 5.74) is 0. The van der Waals surface area contributed by atoms with Gasteiger partial charge >= 0.3 is 0 Å². The van der Waals surface area contributed by atoms with Gasteiger partial charge in [-0.25, -0.2) is 0 Å². The molecule has 0 aromatic rings. The number of alkyl halides is 1. The summed E-state index contributed by atoms with van der Waals surface area (Å²) < 4.78 is 0. The first-order chi connectivity index (χ1) is 5.66. The normalized spacial score (nSPS) is 30.4. The van der Waals surface area contributed by atoms with Gasteiger partial charge in [-0.2, -0.15) is 11.8 Å². The quantitative estimate of drug-likeness (QED) is 0.609. The van der Waals surface area contributed by atoms with E-state index >= 15 is 0 Å². The number of amides is 1. The van der Waals surface area contributed by atoms with E-state index in [0.29, 0.717) is 11.3 Å². The van der Waals surface area contributed by atoms with Crippen LogP contribution in [0.25, 0.3) is 0 Å². The lowest BCUT2D eigenvalue weighted by atomic mass is 10.2. The van der Waals surface area contributed by atoms with E-state index < -0.39 is 0 Å². The number of carbonyl (C=O) groups excluding carboxylic acids is 1. The Morgan fingerprint density at radius 2 is 2.33 bits per heavy atom. The Labute approximate surface area is 82.6 Å². The van der Waals surface area contributed by atoms with Crippen LogP contribution in [-0.4, -0.2) is 40.3 Å². The molecule has 1 heterocycles. The Kier molecular flexibility index (Phi) is 3.72. The Hall–Kier alpha value is 0.110. The third-order valence-electron chi connectivity index (χ3n) is 2.32. The molecule has 1 amide bonds. The number of carbonyl (C=O) groups is 1. The molecule has 1 aliphatic rings. The summed E-state index contributed by atoms with van der Waals surface area (Å²) in [5, 5.41) is 0.533. The van der Waals surface area contributed by atoms with E-state index in [4.69, 9.17) is 11.6 Å². The molecule has 0 bridgehead atoms. The van der Waals surface area contributed by atoms with Gasteiger partial charge in [0.15, 0.2) is 0 Å². The first-order valence-corrected chi connectivity index (χ1v) is 5.72. The molecule has 0 aliphatic carbocycles. The number of hydrogen-bond acceptors (Lipinski definition) is 2. The maximum atomic E-state index is 11.3. The molecule has 0 saturated carbocycles. The standard InChI is InChI=1S/C8H14ClNOS/c1-6-7(2)12-4-3-10(6)8(11)5-9/h6-7H,3-5H2,1-2H3. The largest absolute Gasteiger partial charge is 0.337 e. The molecule has 4 heteroatoms. The zero-order chi connectivity index (χ0) is 9.14. The van der Waals surface area contributed by atoms with E-state index in [0.717, 1.165) is 12.3 Å². The fourth-order valence-corrected chi connectivity index (χ4v) is 2.61. The van der Waals surface area contributed by atoms with Crippen LogP contribution in [0, 0.1) is 0 Å². The van der Waals surface area contributed by atoms with Crippen molar-refractivity contribution in [2.24, 2.45) is 0 Å². The van der Waals surface area contributed by atoms with Crippen molar-refractivity contribution in [3.8, 4) is 0 Å². The molecule has 2 nitrogen and oxygen atoms in total. The molecule has 0 radical (unpaired) electrons. The lowest BCUT2D eigenvalue weighted by Gasteiger charge is -2.37. The average molecular weight is 208 g/mol. The summed E-state index contributed by atoms with van der Waals surface area (Å²) >= 11 is 7.42. The van der Waals surface area contributed by atoms with Crippen LogP contribution in [-0.2, 0) is 4.79 Å². The van der Waals surface area contributed by atoms with Gasteiger partial charge in [0.2, 0.25) is 5.91 Å². The zero-order valence-corrected chi connectivity index (χ0v) is 8.99. The molecule has 2 atom stereocenters. The predicted octanol–water partition coefficient (Wildman–Crippen LogP) is 1.58. The highest BCUT2D eigenvalue weighted by molar-refractivity contribution is 8.00. The molecule has 0 spiro atoms. The van der Waals surface area contributed by atoms with E-state index in [1.807, 2.05) is 16.7 Å². The van der Waals surface area contributed by atoms with Crippen LogP contribution in [0.15, 0.2) is 0 Å². The number of thioether (sulfide) groups is 1. The number of nitrogens with zero attached hydrogens (tertiary/aromatic N) is 1. The molecular weight excluding hydrogens is 194 g/mol. The van der Waals surface area contributed by atoms with Crippen LogP contribution in [0.2, 0.25) is 0 Å². The zero-order valence-electron chi connectivity index (χ0n) is 7.42. The first-order valence-electron chi connectivity index (χ1n) is 4.14. The Bertz CT molecular complexity index is 176. The third-order valence-corrected chi connectivity index (χ3v) is 3.89. The number of halogens is 1. The van der Waals surface area contributed by atoms with Crippen molar-refractivity contribution in [2.45, 2.75) is 25.1 Å². The molecule has 0 aromatic heterocycles. The van der Waals surface area contributed by atoms with Gasteiger partial charge in [-0.3, -0.25) is 4.79 Å². The highest BCUT2D eigenvalue weighted by Gasteiger charge is 2.27. The summed E-state index contributed by atoms with van der Waals surface area (Å²) in [6.07, 6.45) is 0.